The van der Waals surface area contributed by atoms with Gasteiger partial charge in [0.25, 0.3) is 0 Å². The van der Waals surface area contributed by atoms with Crippen LogP contribution in [0.5, 0.6) is 0 Å². The molecule has 2 unspecified atom stereocenters. The zero-order valence-corrected chi connectivity index (χ0v) is 10.4. The standard InChI is InChI=1S/C12H16N2O2S/c13-6-9-1-3-10(4-2-9)14-7-12-5-11(14)8-17(12,15)16/h1-4,11-12H,5-8,13H2. The summed E-state index contributed by atoms with van der Waals surface area (Å²) < 4.78 is 23.3. The molecule has 92 valence electrons. The minimum Gasteiger partial charge on any atom is -0.366 e. The van der Waals surface area contributed by atoms with E-state index in [4.69, 9.17) is 5.73 Å². The maximum absolute atomic E-state index is 11.7. The Morgan fingerprint density at radius 1 is 1.29 bits per heavy atom. The number of sulfone groups is 1. The first-order chi connectivity index (χ1) is 8.10. The highest BCUT2D eigenvalue weighted by atomic mass is 32.2. The summed E-state index contributed by atoms with van der Waals surface area (Å²) in [6.45, 7) is 1.19. The van der Waals surface area contributed by atoms with Gasteiger partial charge >= 0.3 is 0 Å². The topological polar surface area (TPSA) is 63.4 Å². The summed E-state index contributed by atoms with van der Waals surface area (Å²) in [7, 11) is -2.80. The third-order valence-electron chi connectivity index (χ3n) is 3.81. The van der Waals surface area contributed by atoms with Crippen molar-refractivity contribution in [1.29, 1.82) is 0 Å². The summed E-state index contributed by atoms with van der Waals surface area (Å²) >= 11 is 0. The van der Waals surface area contributed by atoms with Crippen LogP contribution in [0.25, 0.3) is 0 Å². The highest BCUT2D eigenvalue weighted by Gasteiger charge is 2.48. The van der Waals surface area contributed by atoms with Gasteiger partial charge in [-0.1, -0.05) is 12.1 Å². The fraction of sp³-hybridized carbons (Fsp3) is 0.500. The Balaban J connectivity index is 1.84. The summed E-state index contributed by atoms with van der Waals surface area (Å²) in [6, 6.07) is 8.27. The normalized spacial score (nSPS) is 29.8. The number of benzene rings is 1. The van der Waals surface area contributed by atoms with Crippen LogP contribution in [-0.4, -0.2) is 32.0 Å². The van der Waals surface area contributed by atoms with Crippen molar-refractivity contribution < 1.29 is 8.42 Å². The van der Waals surface area contributed by atoms with E-state index in [0.29, 0.717) is 18.8 Å². The SMILES string of the molecule is NCc1ccc(N2CC3CC2CS3(=O)=O)cc1. The van der Waals surface area contributed by atoms with Crippen LogP contribution >= 0.6 is 0 Å². The molecular formula is C12H16N2O2S. The maximum atomic E-state index is 11.7. The van der Waals surface area contributed by atoms with Crippen molar-refractivity contribution in [3.05, 3.63) is 29.8 Å². The molecule has 1 aromatic carbocycles. The third-order valence-corrected chi connectivity index (χ3v) is 6.02. The Labute approximate surface area is 101 Å². The largest absolute Gasteiger partial charge is 0.366 e. The van der Waals surface area contributed by atoms with E-state index < -0.39 is 9.84 Å². The second-order valence-electron chi connectivity index (χ2n) is 4.86. The van der Waals surface area contributed by atoms with Crippen LogP contribution in [0.1, 0.15) is 12.0 Å². The van der Waals surface area contributed by atoms with Crippen molar-refractivity contribution in [3.8, 4) is 0 Å². The Morgan fingerprint density at radius 3 is 2.47 bits per heavy atom. The molecular weight excluding hydrogens is 236 g/mol. The van der Waals surface area contributed by atoms with Crippen LogP contribution in [0.15, 0.2) is 24.3 Å². The van der Waals surface area contributed by atoms with Gasteiger partial charge in [0.2, 0.25) is 0 Å². The minimum absolute atomic E-state index is 0.151. The number of fused-ring (bicyclic) bond motifs is 2. The van der Waals surface area contributed by atoms with E-state index in [2.05, 4.69) is 4.90 Å². The molecule has 2 bridgehead atoms. The molecule has 0 amide bonds. The molecule has 1 aromatic rings. The lowest BCUT2D eigenvalue weighted by atomic mass is 10.2. The van der Waals surface area contributed by atoms with Crippen molar-refractivity contribution in [2.24, 2.45) is 5.73 Å². The molecule has 2 N–H and O–H groups in total. The maximum Gasteiger partial charge on any atom is 0.156 e. The highest BCUT2D eigenvalue weighted by Crippen LogP contribution is 2.36. The molecule has 4 nitrogen and oxygen atoms in total. The Hall–Kier alpha value is -1.07. The van der Waals surface area contributed by atoms with Crippen LogP contribution in [-0.2, 0) is 16.4 Å². The molecule has 0 spiro atoms. The molecule has 2 fully saturated rings. The van der Waals surface area contributed by atoms with Gasteiger partial charge in [-0.3, -0.25) is 0 Å². The molecule has 0 aliphatic carbocycles. The van der Waals surface area contributed by atoms with Gasteiger partial charge in [0, 0.05) is 24.8 Å². The summed E-state index contributed by atoms with van der Waals surface area (Å²) in [5.41, 5.74) is 7.77. The predicted octanol–water partition coefficient (Wildman–Crippen LogP) is 0.521. The number of hydrogen-bond acceptors (Lipinski definition) is 4. The van der Waals surface area contributed by atoms with E-state index in [1.54, 1.807) is 0 Å². The highest BCUT2D eigenvalue weighted by molar-refractivity contribution is 7.92. The zero-order valence-electron chi connectivity index (χ0n) is 9.54. The summed E-state index contributed by atoms with van der Waals surface area (Å²) in [6.07, 6.45) is 0.793. The molecule has 2 saturated heterocycles. The molecule has 2 aliphatic rings. The monoisotopic (exact) mass is 252 g/mol. The first-order valence-electron chi connectivity index (χ1n) is 5.87. The number of nitrogens with zero attached hydrogens (tertiary/aromatic N) is 1. The fourth-order valence-electron chi connectivity index (χ4n) is 2.84. The summed E-state index contributed by atoms with van der Waals surface area (Å²) in [5.74, 6) is 0.316. The lowest BCUT2D eigenvalue weighted by Crippen LogP contribution is -2.40. The van der Waals surface area contributed by atoms with E-state index in [0.717, 1.165) is 17.7 Å². The van der Waals surface area contributed by atoms with Gasteiger partial charge in [-0.2, -0.15) is 0 Å². The molecule has 2 atom stereocenters. The average molecular weight is 252 g/mol. The number of nitrogens with two attached hydrogens (primary N) is 1. The van der Waals surface area contributed by atoms with Gasteiger partial charge < -0.3 is 10.6 Å². The van der Waals surface area contributed by atoms with Crippen molar-refractivity contribution in [2.45, 2.75) is 24.3 Å². The van der Waals surface area contributed by atoms with Crippen molar-refractivity contribution in [2.75, 3.05) is 17.2 Å². The van der Waals surface area contributed by atoms with E-state index >= 15 is 0 Å². The summed E-state index contributed by atoms with van der Waals surface area (Å²) in [4.78, 5) is 2.21. The van der Waals surface area contributed by atoms with E-state index in [1.165, 1.54) is 0 Å². The van der Waals surface area contributed by atoms with Crippen LogP contribution in [0.4, 0.5) is 5.69 Å². The molecule has 0 radical (unpaired) electrons. The van der Waals surface area contributed by atoms with Crippen LogP contribution in [0.3, 0.4) is 0 Å². The minimum atomic E-state index is -2.80. The third kappa shape index (κ3) is 1.73. The van der Waals surface area contributed by atoms with Crippen LogP contribution in [0, 0.1) is 0 Å². The van der Waals surface area contributed by atoms with Crippen molar-refractivity contribution in [1.82, 2.24) is 0 Å². The van der Waals surface area contributed by atoms with Gasteiger partial charge in [-0.15, -0.1) is 0 Å². The first-order valence-corrected chi connectivity index (χ1v) is 7.59. The van der Waals surface area contributed by atoms with Gasteiger partial charge in [-0.25, -0.2) is 8.42 Å². The van der Waals surface area contributed by atoms with Gasteiger partial charge in [-0.05, 0) is 24.1 Å². The molecule has 5 heteroatoms. The van der Waals surface area contributed by atoms with E-state index in [-0.39, 0.29) is 11.3 Å². The second-order valence-corrected chi connectivity index (χ2v) is 7.19. The molecule has 3 rings (SSSR count). The van der Waals surface area contributed by atoms with Gasteiger partial charge in [0.1, 0.15) is 0 Å². The lowest BCUT2D eigenvalue weighted by Gasteiger charge is -2.29. The molecule has 0 saturated carbocycles. The van der Waals surface area contributed by atoms with Gasteiger partial charge in [0.15, 0.2) is 9.84 Å². The molecule has 2 aliphatic heterocycles. The average Bonchev–Trinajstić information content (AvgIpc) is 2.84. The lowest BCUT2D eigenvalue weighted by molar-refractivity contribution is 0.585. The zero-order chi connectivity index (χ0) is 12.0. The van der Waals surface area contributed by atoms with E-state index in [1.807, 2.05) is 24.3 Å². The second kappa shape index (κ2) is 3.71. The summed E-state index contributed by atoms with van der Waals surface area (Å²) in [5, 5.41) is -0.151. The smallest absolute Gasteiger partial charge is 0.156 e. The number of anilines is 1. The predicted molar refractivity (Wildman–Crippen MR) is 67.7 cm³/mol. The van der Waals surface area contributed by atoms with Crippen molar-refractivity contribution >= 4 is 15.5 Å². The molecule has 2 heterocycles. The quantitative estimate of drug-likeness (QED) is 0.833. The number of rotatable bonds is 2. The van der Waals surface area contributed by atoms with Crippen LogP contribution in [0.2, 0.25) is 0 Å². The Morgan fingerprint density at radius 2 is 2.00 bits per heavy atom. The van der Waals surface area contributed by atoms with E-state index in [9.17, 15) is 8.42 Å². The first kappa shape index (κ1) is 11.0. The molecule has 17 heavy (non-hydrogen) atoms. The Kier molecular flexibility index (Phi) is 2.41. The van der Waals surface area contributed by atoms with Crippen LogP contribution < -0.4 is 10.6 Å². The fourth-order valence-corrected chi connectivity index (χ4v) is 4.86. The Bertz CT molecular complexity index is 524. The molecule has 0 aromatic heterocycles. The number of hydrogen-bond donors (Lipinski definition) is 1. The van der Waals surface area contributed by atoms with Crippen molar-refractivity contribution in [3.63, 3.8) is 0 Å². The van der Waals surface area contributed by atoms with Gasteiger partial charge in [0.05, 0.1) is 11.0 Å².